The first-order valence-corrected chi connectivity index (χ1v) is 9.00. The van der Waals surface area contributed by atoms with E-state index in [1.54, 1.807) is 0 Å². The van der Waals surface area contributed by atoms with Crippen LogP contribution in [0.2, 0.25) is 0 Å². The van der Waals surface area contributed by atoms with Crippen LogP contribution in [0.1, 0.15) is 42.9 Å². The van der Waals surface area contributed by atoms with Gasteiger partial charge < -0.3 is 14.6 Å². The van der Waals surface area contributed by atoms with E-state index >= 15 is 0 Å². The largest absolute Gasteiger partial charge is 0.484 e. The number of hydrogen-bond donors (Lipinski definition) is 1. The summed E-state index contributed by atoms with van der Waals surface area (Å²) >= 11 is 0. The molecule has 1 aliphatic heterocycles. The van der Waals surface area contributed by atoms with Crippen molar-refractivity contribution < 1.29 is 32.5 Å². The Morgan fingerprint density at radius 2 is 1.89 bits per heavy atom. The number of fused-ring (bicyclic) bond motifs is 1. The Morgan fingerprint density at radius 3 is 2.50 bits per heavy atom. The van der Waals surface area contributed by atoms with Crippen LogP contribution in [0.4, 0.5) is 13.2 Å². The maximum absolute atomic E-state index is 14.4. The van der Waals surface area contributed by atoms with Gasteiger partial charge in [-0.1, -0.05) is 6.07 Å². The second kappa shape index (κ2) is 6.43. The van der Waals surface area contributed by atoms with Crippen molar-refractivity contribution in [1.29, 1.82) is 0 Å². The summed E-state index contributed by atoms with van der Waals surface area (Å²) in [6.07, 6.45) is 0.826. The van der Waals surface area contributed by atoms with Crippen molar-refractivity contribution in [2.45, 2.75) is 44.8 Å². The number of carboxylic acid groups (broad SMARTS) is 1. The molecule has 2 aromatic rings. The summed E-state index contributed by atoms with van der Waals surface area (Å²) in [7, 11) is 0. The van der Waals surface area contributed by atoms with Gasteiger partial charge in [-0.15, -0.1) is 0 Å². The van der Waals surface area contributed by atoms with Gasteiger partial charge >= 0.3 is 5.97 Å². The number of aliphatic carboxylic acids is 1. The quantitative estimate of drug-likeness (QED) is 0.809. The Labute approximate surface area is 159 Å². The number of ether oxygens (including phenoxy) is 2. The summed E-state index contributed by atoms with van der Waals surface area (Å²) in [5.41, 5.74) is 0.970. The lowest BCUT2D eigenvalue weighted by molar-refractivity contribution is -0.138. The van der Waals surface area contributed by atoms with Crippen molar-refractivity contribution in [3.05, 3.63) is 58.4 Å². The van der Waals surface area contributed by atoms with Gasteiger partial charge in [-0.3, -0.25) is 4.79 Å². The lowest BCUT2D eigenvalue weighted by atomic mass is 9.97. The number of carbonyl (C=O) groups is 1. The zero-order chi connectivity index (χ0) is 20.2. The number of hydrogen-bond acceptors (Lipinski definition) is 3. The van der Waals surface area contributed by atoms with Crippen LogP contribution in [-0.4, -0.2) is 16.7 Å². The molecule has 1 N–H and O–H groups in total. The van der Waals surface area contributed by atoms with Crippen LogP contribution in [0.15, 0.2) is 24.3 Å². The van der Waals surface area contributed by atoms with E-state index in [1.807, 2.05) is 13.8 Å². The third-order valence-corrected chi connectivity index (χ3v) is 5.22. The molecule has 0 amide bonds. The van der Waals surface area contributed by atoms with Crippen molar-refractivity contribution >= 4 is 5.97 Å². The zero-order valence-corrected chi connectivity index (χ0v) is 15.4. The maximum Gasteiger partial charge on any atom is 0.307 e. The van der Waals surface area contributed by atoms with Crippen LogP contribution in [-0.2, 0) is 17.8 Å². The smallest absolute Gasteiger partial charge is 0.307 e. The molecule has 1 aliphatic carbocycles. The molecule has 1 fully saturated rings. The van der Waals surface area contributed by atoms with Gasteiger partial charge in [-0.2, -0.15) is 0 Å². The highest BCUT2D eigenvalue weighted by atomic mass is 19.1. The number of rotatable bonds is 5. The maximum atomic E-state index is 14.4. The molecule has 28 heavy (non-hydrogen) atoms. The first-order chi connectivity index (χ1) is 13.2. The van der Waals surface area contributed by atoms with E-state index < -0.39 is 40.7 Å². The molecule has 0 saturated heterocycles. The van der Waals surface area contributed by atoms with Gasteiger partial charge in [0.15, 0.2) is 29.0 Å². The molecule has 2 unspecified atom stereocenters. The Morgan fingerprint density at radius 1 is 1.21 bits per heavy atom. The molecule has 1 heterocycles. The minimum Gasteiger partial charge on any atom is -0.484 e. The van der Waals surface area contributed by atoms with Crippen LogP contribution in [0.5, 0.6) is 11.5 Å². The molecule has 4 rings (SSSR count). The number of carboxylic acids is 1. The van der Waals surface area contributed by atoms with E-state index in [4.69, 9.17) is 14.6 Å². The number of benzene rings is 2. The van der Waals surface area contributed by atoms with Gasteiger partial charge in [-0.25, -0.2) is 13.2 Å². The predicted molar refractivity (Wildman–Crippen MR) is 94.0 cm³/mol. The normalized spacial score (nSPS) is 21.8. The van der Waals surface area contributed by atoms with Crippen molar-refractivity contribution in [3.63, 3.8) is 0 Å². The van der Waals surface area contributed by atoms with Crippen molar-refractivity contribution in [2.24, 2.45) is 5.92 Å². The molecule has 0 spiro atoms. The van der Waals surface area contributed by atoms with Crippen LogP contribution >= 0.6 is 0 Å². The van der Waals surface area contributed by atoms with E-state index in [2.05, 4.69) is 0 Å². The molecular weight excluding hydrogens is 373 g/mol. The fourth-order valence-corrected chi connectivity index (χ4v) is 3.74. The van der Waals surface area contributed by atoms with E-state index in [0.717, 1.165) is 12.1 Å². The van der Waals surface area contributed by atoms with E-state index in [0.29, 0.717) is 29.5 Å². The van der Waals surface area contributed by atoms with Crippen molar-refractivity contribution in [3.8, 4) is 11.5 Å². The molecule has 2 aromatic carbocycles. The Bertz CT molecular complexity index is 947. The van der Waals surface area contributed by atoms with Gasteiger partial charge in [-0.05, 0) is 55.5 Å². The van der Waals surface area contributed by atoms with Crippen molar-refractivity contribution in [2.75, 3.05) is 0 Å². The molecule has 7 heteroatoms. The molecule has 0 radical (unpaired) electrons. The fraction of sp³-hybridized carbons (Fsp3) is 0.381. The second-order valence-corrected chi connectivity index (χ2v) is 7.94. The lowest BCUT2D eigenvalue weighted by Crippen LogP contribution is -2.25. The first-order valence-electron chi connectivity index (χ1n) is 9.00. The third-order valence-electron chi connectivity index (χ3n) is 5.22. The minimum atomic E-state index is -0.971. The summed E-state index contributed by atoms with van der Waals surface area (Å²) in [6, 6.07) is 5.00. The summed E-state index contributed by atoms with van der Waals surface area (Å²) in [4.78, 5) is 11.0. The molecule has 2 atom stereocenters. The highest BCUT2D eigenvalue weighted by Crippen LogP contribution is 2.48. The van der Waals surface area contributed by atoms with Crippen LogP contribution < -0.4 is 9.47 Å². The molecule has 4 nitrogen and oxygen atoms in total. The molecule has 0 bridgehead atoms. The Balaban J connectivity index is 1.54. The summed E-state index contributed by atoms with van der Waals surface area (Å²) in [5, 5.41) is 8.97. The van der Waals surface area contributed by atoms with Gasteiger partial charge in [0.05, 0.1) is 5.92 Å². The van der Waals surface area contributed by atoms with Gasteiger partial charge in [0.2, 0.25) is 0 Å². The molecule has 148 valence electrons. The van der Waals surface area contributed by atoms with E-state index in [9.17, 15) is 18.0 Å². The predicted octanol–water partition coefficient (Wildman–Crippen LogP) is 4.58. The van der Waals surface area contributed by atoms with E-state index in [1.165, 1.54) is 12.1 Å². The van der Waals surface area contributed by atoms with Gasteiger partial charge in [0, 0.05) is 12.0 Å². The average Bonchev–Trinajstić information content (AvgIpc) is 3.33. The second-order valence-electron chi connectivity index (χ2n) is 7.94. The van der Waals surface area contributed by atoms with Crippen LogP contribution in [0.3, 0.4) is 0 Å². The zero-order valence-electron chi connectivity index (χ0n) is 15.4. The summed E-state index contributed by atoms with van der Waals surface area (Å²) < 4.78 is 53.8. The highest BCUT2D eigenvalue weighted by molar-refractivity contribution is 5.75. The van der Waals surface area contributed by atoms with Crippen LogP contribution in [0, 0.1) is 23.4 Å². The monoisotopic (exact) mass is 392 g/mol. The fourth-order valence-electron chi connectivity index (χ4n) is 3.74. The summed E-state index contributed by atoms with van der Waals surface area (Å²) in [6.45, 7) is 3.52. The van der Waals surface area contributed by atoms with Crippen LogP contribution in [0.25, 0.3) is 0 Å². The molecule has 0 aromatic heterocycles. The SMILES string of the molecule is CC1(C)Cc2c(COc3c(F)cc(C4CC4C(=O)O)cc3F)ccc(F)c2O1. The van der Waals surface area contributed by atoms with Gasteiger partial charge in [0.1, 0.15) is 12.2 Å². The Hall–Kier alpha value is -2.70. The first kappa shape index (κ1) is 18.7. The summed E-state index contributed by atoms with van der Waals surface area (Å²) in [5.74, 6) is -4.60. The Kier molecular flexibility index (Phi) is 4.28. The molecular formula is C21H19F3O4. The van der Waals surface area contributed by atoms with Gasteiger partial charge in [0.25, 0.3) is 0 Å². The minimum absolute atomic E-state index is 0.142. The topological polar surface area (TPSA) is 55.8 Å². The van der Waals surface area contributed by atoms with E-state index in [-0.39, 0.29) is 18.3 Å². The molecule has 1 saturated carbocycles. The lowest BCUT2D eigenvalue weighted by Gasteiger charge is -2.16. The number of halogens is 3. The van der Waals surface area contributed by atoms with Crippen molar-refractivity contribution in [1.82, 2.24) is 0 Å². The molecule has 2 aliphatic rings. The highest BCUT2D eigenvalue weighted by Gasteiger charge is 2.44. The standard InChI is InChI=1S/C21H19F3O4/c1-21(2)8-14-10(3-4-15(22)18(14)28-21)9-27-19-16(23)5-11(6-17(19)24)12-7-13(12)20(25)26/h3-6,12-13H,7-9H2,1-2H3,(H,25,26). The third kappa shape index (κ3) is 3.30. The average molecular weight is 392 g/mol.